The van der Waals surface area contributed by atoms with Crippen molar-refractivity contribution in [2.24, 2.45) is 5.73 Å². The summed E-state index contributed by atoms with van der Waals surface area (Å²) >= 11 is 0. The van der Waals surface area contributed by atoms with Gasteiger partial charge in [0.25, 0.3) is 0 Å². The van der Waals surface area contributed by atoms with Crippen LogP contribution in [0.5, 0.6) is 0 Å². The second-order valence-corrected chi connectivity index (χ2v) is 6.04. The van der Waals surface area contributed by atoms with E-state index in [2.05, 4.69) is 17.9 Å². The Morgan fingerprint density at radius 3 is 2.61 bits per heavy atom. The molecule has 116 valence electrons. The lowest BCUT2D eigenvalue weighted by Crippen LogP contribution is -2.41. The van der Waals surface area contributed by atoms with E-state index in [4.69, 9.17) is 11.0 Å². The molecule has 1 amide bonds. The van der Waals surface area contributed by atoms with Crippen LogP contribution in [0.3, 0.4) is 0 Å². The molecule has 0 aliphatic carbocycles. The number of nitrogens with two attached hydrogens (primary N) is 1. The highest BCUT2D eigenvalue weighted by molar-refractivity contribution is 5.85. The van der Waals surface area contributed by atoms with Crippen LogP contribution in [0, 0.1) is 11.3 Å². The lowest BCUT2D eigenvalue weighted by Gasteiger charge is -2.40. The maximum absolute atomic E-state index is 11.8. The van der Waals surface area contributed by atoms with Gasteiger partial charge >= 0.3 is 0 Å². The van der Waals surface area contributed by atoms with Gasteiger partial charge in [0.1, 0.15) is 0 Å². The third-order valence-electron chi connectivity index (χ3n) is 4.51. The lowest BCUT2D eigenvalue weighted by atomic mass is 9.85. The summed E-state index contributed by atoms with van der Waals surface area (Å²) in [6.07, 6.45) is 0.725. The van der Waals surface area contributed by atoms with Gasteiger partial charge in [-0.2, -0.15) is 5.26 Å². The summed E-state index contributed by atoms with van der Waals surface area (Å²) < 4.78 is 0. The fourth-order valence-corrected chi connectivity index (χ4v) is 3.27. The Balaban J connectivity index is 1.93. The largest absolute Gasteiger partial charge is 0.369 e. The number of nitrogens with zero attached hydrogens (tertiary/aromatic N) is 2. The van der Waals surface area contributed by atoms with Crippen molar-refractivity contribution in [2.75, 3.05) is 4.90 Å². The quantitative estimate of drug-likeness (QED) is 0.947. The first-order chi connectivity index (χ1) is 11.1. The van der Waals surface area contributed by atoms with Crippen molar-refractivity contribution in [3.63, 3.8) is 0 Å². The molecule has 4 heteroatoms. The smallest absolute Gasteiger partial charge is 0.225 e. The second kappa shape index (κ2) is 6.13. The van der Waals surface area contributed by atoms with Crippen LogP contribution in [0.4, 0.5) is 5.69 Å². The summed E-state index contributed by atoms with van der Waals surface area (Å²) in [5.41, 5.74) is 9.46. The number of primary amides is 1. The standard InChI is InChI=1S/C19H19N3O/c1-13-10-17(19(21)23)16-4-2-3-5-18(16)22(13)12-15-8-6-14(11-20)7-9-15/h2-9,13,17H,10,12H2,1H3,(H2,21,23)/t13-,17-/m1/s1. The number of hydrogen-bond acceptors (Lipinski definition) is 3. The molecule has 0 fully saturated rings. The summed E-state index contributed by atoms with van der Waals surface area (Å²) in [5.74, 6) is -0.485. The average Bonchev–Trinajstić information content (AvgIpc) is 2.57. The van der Waals surface area contributed by atoms with Crippen LogP contribution in [0.2, 0.25) is 0 Å². The van der Waals surface area contributed by atoms with Gasteiger partial charge in [-0.15, -0.1) is 0 Å². The molecule has 0 saturated heterocycles. The molecule has 0 unspecified atom stereocenters. The predicted molar refractivity (Wildman–Crippen MR) is 89.8 cm³/mol. The molecule has 0 radical (unpaired) electrons. The van der Waals surface area contributed by atoms with E-state index in [1.54, 1.807) is 0 Å². The van der Waals surface area contributed by atoms with Crippen LogP contribution < -0.4 is 10.6 Å². The number of carbonyl (C=O) groups is 1. The zero-order valence-corrected chi connectivity index (χ0v) is 13.1. The fourth-order valence-electron chi connectivity index (χ4n) is 3.27. The van der Waals surface area contributed by atoms with E-state index < -0.39 is 0 Å². The number of rotatable bonds is 3. The molecule has 1 aliphatic rings. The number of nitriles is 1. The molecule has 1 aliphatic heterocycles. The third kappa shape index (κ3) is 2.91. The van der Waals surface area contributed by atoms with Gasteiger partial charge < -0.3 is 10.6 Å². The SMILES string of the molecule is C[C@@H]1C[C@@H](C(N)=O)c2ccccc2N1Cc1ccc(C#N)cc1. The van der Waals surface area contributed by atoms with Crippen LogP contribution >= 0.6 is 0 Å². The average molecular weight is 305 g/mol. The van der Waals surface area contributed by atoms with Crippen molar-refractivity contribution in [3.8, 4) is 6.07 Å². The minimum atomic E-state index is -0.262. The molecule has 0 spiro atoms. The van der Waals surface area contributed by atoms with E-state index >= 15 is 0 Å². The first-order valence-electron chi connectivity index (χ1n) is 7.74. The highest BCUT2D eigenvalue weighted by atomic mass is 16.1. The maximum Gasteiger partial charge on any atom is 0.225 e. The maximum atomic E-state index is 11.8. The van der Waals surface area contributed by atoms with Crippen molar-refractivity contribution in [3.05, 3.63) is 65.2 Å². The number of fused-ring (bicyclic) bond motifs is 1. The summed E-state index contributed by atoms with van der Waals surface area (Å²) in [4.78, 5) is 14.1. The van der Waals surface area contributed by atoms with Gasteiger partial charge in [-0.25, -0.2) is 0 Å². The molecule has 1 heterocycles. The Hall–Kier alpha value is -2.80. The zero-order chi connectivity index (χ0) is 16.4. The number of para-hydroxylation sites is 1. The molecule has 0 saturated carbocycles. The van der Waals surface area contributed by atoms with Crippen LogP contribution in [0.1, 0.15) is 36.0 Å². The highest BCUT2D eigenvalue weighted by Gasteiger charge is 2.32. The van der Waals surface area contributed by atoms with Crippen molar-refractivity contribution < 1.29 is 4.79 Å². The van der Waals surface area contributed by atoms with Crippen LogP contribution in [0.25, 0.3) is 0 Å². The van der Waals surface area contributed by atoms with Crippen LogP contribution in [-0.2, 0) is 11.3 Å². The van der Waals surface area contributed by atoms with Gasteiger partial charge in [-0.1, -0.05) is 30.3 Å². The molecule has 2 N–H and O–H groups in total. The van der Waals surface area contributed by atoms with E-state index in [1.807, 2.05) is 48.5 Å². The number of anilines is 1. The Labute approximate surface area is 136 Å². The second-order valence-electron chi connectivity index (χ2n) is 6.04. The van der Waals surface area contributed by atoms with Gasteiger partial charge in [0.2, 0.25) is 5.91 Å². The van der Waals surface area contributed by atoms with Crippen molar-refractivity contribution in [1.29, 1.82) is 5.26 Å². The number of carbonyl (C=O) groups excluding carboxylic acids is 1. The number of hydrogen-bond donors (Lipinski definition) is 1. The molecule has 2 atom stereocenters. The van der Waals surface area contributed by atoms with Gasteiger partial charge in [-0.05, 0) is 42.7 Å². The van der Waals surface area contributed by atoms with Crippen LogP contribution in [0.15, 0.2) is 48.5 Å². The number of amides is 1. The minimum absolute atomic E-state index is 0.220. The Morgan fingerprint density at radius 2 is 1.96 bits per heavy atom. The van der Waals surface area contributed by atoms with Crippen LogP contribution in [-0.4, -0.2) is 11.9 Å². The Morgan fingerprint density at radius 1 is 1.26 bits per heavy atom. The van der Waals surface area contributed by atoms with Crippen molar-refractivity contribution in [1.82, 2.24) is 0 Å². The van der Waals surface area contributed by atoms with E-state index in [-0.39, 0.29) is 17.9 Å². The van der Waals surface area contributed by atoms with Gasteiger partial charge in [0.05, 0.1) is 17.6 Å². The summed E-state index contributed by atoms with van der Waals surface area (Å²) in [6, 6.07) is 18.0. The van der Waals surface area contributed by atoms with Gasteiger partial charge in [-0.3, -0.25) is 4.79 Å². The molecule has 23 heavy (non-hydrogen) atoms. The molecule has 4 nitrogen and oxygen atoms in total. The van der Waals surface area contributed by atoms with E-state index in [0.717, 1.165) is 29.8 Å². The Bertz CT molecular complexity index is 761. The monoisotopic (exact) mass is 305 g/mol. The molecular weight excluding hydrogens is 286 g/mol. The molecule has 2 aromatic carbocycles. The zero-order valence-electron chi connectivity index (χ0n) is 13.1. The summed E-state index contributed by atoms with van der Waals surface area (Å²) in [7, 11) is 0. The van der Waals surface area contributed by atoms with Gasteiger partial charge in [0.15, 0.2) is 0 Å². The predicted octanol–water partition coefficient (Wildman–Crippen LogP) is 2.93. The lowest BCUT2D eigenvalue weighted by molar-refractivity contribution is -0.119. The Kier molecular flexibility index (Phi) is 4.03. The molecular formula is C19H19N3O. The van der Waals surface area contributed by atoms with E-state index in [9.17, 15) is 4.79 Å². The number of benzene rings is 2. The first kappa shape index (κ1) is 15.1. The molecule has 3 rings (SSSR count). The third-order valence-corrected chi connectivity index (χ3v) is 4.51. The summed E-state index contributed by atoms with van der Waals surface area (Å²) in [5, 5.41) is 8.90. The fraction of sp³-hybridized carbons (Fsp3) is 0.263. The van der Waals surface area contributed by atoms with Crippen molar-refractivity contribution in [2.45, 2.75) is 31.8 Å². The topological polar surface area (TPSA) is 70.1 Å². The normalized spacial score (nSPS) is 19.7. The first-order valence-corrected chi connectivity index (χ1v) is 7.74. The minimum Gasteiger partial charge on any atom is -0.369 e. The van der Waals surface area contributed by atoms with Gasteiger partial charge in [0, 0.05) is 18.3 Å². The molecule has 0 aromatic heterocycles. The highest BCUT2D eigenvalue weighted by Crippen LogP contribution is 2.38. The van der Waals surface area contributed by atoms with E-state index in [1.165, 1.54) is 0 Å². The summed E-state index contributed by atoms with van der Waals surface area (Å²) in [6.45, 7) is 2.87. The van der Waals surface area contributed by atoms with Crippen molar-refractivity contribution >= 4 is 11.6 Å². The molecule has 2 aromatic rings. The van der Waals surface area contributed by atoms with E-state index in [0.29, 0.717) is 5.56 Å². The molecule has 0 bridgehead atoms.